The number of benzene rings is 1. The Labute approximate surface area is 133 Å². The van der Waals surface area contributed by atoms with E-state index in [1.54, 1.807) is 18.2 Å². The highest BCUT2D eigenvalue weighted by Gasteiger charge is 2.62. The van der Waals surface area contributed by atoms with E-state index in [4.69, 9.17) is 10.5 Å². The first-order valence-corrected chi connectivity index (χ1v) is 7.72. The zero-order chi connectivity index (χ0) is 15.8. The number of ether oxygens (including phenoxy) is 1. The summed E-state index contributed by atoms with van der Waals surface area (Å²) < 4.78 is 6.13. The fraction of sp³-hybridized carbons (Fsp3) is 0.533. The maximum absolute atomic E-state index is 12.5. The molecule has 1 fully saturated rings. The third kappa shape index (κ3) is 2.56. The van der Waals surface area contributed by atoms with E-state index in [-0.39, 0.29) is 17.8 Å². The lowest BCUT2D eigenvalue weighted by molar-refractivity contribution is -0.166. The third-order valence-electron chi connectivity index (χ3n) is 4.47. The predicted octanol–water partition coefficient (Wildman–Crippen LogP) is 2.63. The van der Waals surface area contributed by atoms with Crippen molar-refractivity contribution in [1.82, 2.24) is 0 Å². The van der Waals surface area contributed by atoms with Crippen LogP contribution in [0.2, 0.25) is 0 Å². The van der Waals surface area contributed by atoms with Crippen LogP contribution >= 0.6 is 15.9 Å². The van der Waals surface area contributed by atoms with Crippen molar-refractivity contribution in [1.29, 1.82) is 0 Å². The van der Waals surface area contributed by atoms with E-state index in [2.05, 4.69) is 21.2 Å². The van der Waals surface area contributed by atoms with E-state index in [0.717, 1.165) is 0 Å². The zero-order valence-electron chi connectivity index (χ0n) is 12.4. The van der Waals surface area contributed by atoms with Crippen LogP contribution in [0.1, 0.15) is 27.2 Å². The molecule has 0 aromatic heterocycles. The van der Waals surface area contributed by atoms with Crippen LogP contribution in [-0.2, 0) is 9.53 Å². The molecule has 6 heteroatoms. The number of anilines is 1. The van der Waals surface area contributed by atoms with E-state index in [0.29, 0.717) is 23.2 Å². The largest absolute Gasteiger partial charge is 0.505 e. The Hall–Kier alpha value is -1.11. The van der Waals surface area contributed by atoms with Crippen molar-refractivity contribution in [2.24, 2.45) is 11.1 Å². The SMILES string of the molecule is CCOC1CC(N)(C(=O)Nc2cccc(Br)c2O)C1(C)C. The highest BCUT2D eigenvalue weighted by molar-refractivity contribution is 9.10. The number of nitrogens with two attached hydrogens (primary N) is 1. The number of aromatic hydroxyl groups is 1. The molecule has 5 nitrogen and oxygen atoms in total. The quantitative estimate of drug-likeness (QED) is 0.724. The van der Waals surface area contributed by atoms with E-state index in [1.165, 1.54) is 0 Å². The molecule has 0 saturated heterocycles. The summed E-state index contributed by atoms with van der Waals surface area (Å²) in [5.74, 6) is -0.315. The Balaban J connectivity index is 2.16. The number of nitrogens with one attached hydrogen (secondary N) is 1. The van der Waals surface area contributed by atoms with Crippen LogP contribution in [-0.4, -0.2) is 29.3 Å². The van der Waals surface area contributed by atoms with Crippen molar-refractivity contribution in [2.45, 2.75) is 38.8 Å². The van der Waals surface area contributed by atoms with Gasteiger partial charge in [0, 0.05) is 18.4 Å². The molecule has 0 heterocycles. The number of carbonyl (C=O) groups excluding carboxylic acids is 1. The molecule has 21 heavy (non-hydrogen) atoms. The lowest BCUT2D eigenvalue weighted by Crippen LogP contribution is -2.74. The van der Waals surface area contributed by atoms with Crippen LogP contribution in [0.15, 0.2) is 22.7 Å². The van der Waals surface area contributed by atoms with E-state index >= 15 is 0 Å². The van der Waals surface area contributed by atoms with Crippen LogP contribution in [0.3, 0.4) is 0 Å². The molecule has 1 aliphatic carbocycles. The lowest BCUT2D eigenvalue weighted by Gasteiger charge is -2.57. The Bertz CT molecular complexity index is 562. The van der Waals surface area contributed by atoms with Crippen molar-refractivity contribution in [3.8, 4) is 5.75 Å². The second kappa shape index (κ2) is 5.59. The van der Waals surface area contributed by atoms with Gasteiger partial charge >= 0.3 is 0 Å². The molecule has 0 bridgehead atoms. The van der Waals surface area contributed by atoms with Gasteiger partial charge < -0.3 is 20.9 Å². The topological polar surface area (TPSA) is 84.6 Å². The monoisotopic (exact) mass is 356 g/mol. The van der Waals surface area contributed by atoms with Crippen molar-refractivity contribution >= 4 is 27.5 Å². The molecule has 1 aromatic carbocycles. The normalized spacial score (nSPS) is 27.0. The van der Waals surface area contributed by atoms with E-state index < -0.39 is 11.0 Å². The highest BCUT2D eigenvalue weighted by atomic mass is 79.9. The average molecular weight is 357 g/mol. The number of phenolic OH excluding ortho intramolecular Hbond substituents is 1. The van der Waals surface area contributed by atoms with E-state index in [1.807, 2.05) is 20.8 Å². The molecule has 1 amide bonds. The number of rotatable bonds is 4. The fourth-order valence-corrected chi connectivity index (χ4v) is 3.04. The van der Waals surface area contributed by atoms with Gasteiger partial charge in [0.2, 0.25) is 5.91 Å². The Morgan fingerprint density at radius 3 is 2.81 bits per heavy atom. The van der Waals surface area contributed by atoms with Gasteiger partial charge in [-0.2, -0.15) is 0 Å². The zero-order valence-corrected chi connectivity index (χ0v) is 14.0. The maximum atomic E-state index is 12.5. The fourth-order valence-electron chi connectivity index (χ4n) is 2.67. The second-order valence-corrected chi connectivity index (χ2v) is 6.79. The smallest absolute Gasteiger partial charge is 0.245 e. The Morgan fingerprint density at radius 2 is 2.24 bits per heavy atom. The van der Waals surface area contributed by atoms with Gasteiger partial charge in [-0.05, 0) is 35.0 Å². The summed E-state index contributed by atoms with van der Waals surface area (Å²) in [5.41, 5.74) is 5.16. The minimum absolute atomic E-state index is 0.00654. The number of hydrogen-bond acceptors (Lipinski definition) is 4. The molecule has 1 aromatic rings. The molecule has 2 atom stereocenters. The van der Waals surface area contributed by atoms with Crippen LogP contribution in [0.5, 0.6) is 5.75 Å². The van der Waals surface area contributed by atoms with Gasteiger partial charge in [0.05, 0.1) is 16.3 Å². The number of hydrogen-bond donors (Lipinski definition) is 3. The van der Waals surface area contributed by atoms with Gasteiger partial charge in [-0.3, -0.25) is 4.79 Å². The first kappa shape index (κ1) is 16.3. The molecule has 1 saturated carbocycles. The van der Waals surface area contributed by atoms with Crippen molar-refractivity contribution in [3.63, 3.8) is 0 Å². The summed E-state index contributed by atoms with van der Waals surface area (Å²) in [6.07, 6.45) is 0.434. The lowest BCUT2D eigenvalue weighted by atomic mass is 9.54. The van der Waals surface area contributed by atoms with Crippen LogP contribution in [0.4, 0.5) is 5.69 Å². The minimum atomic E-state index is -1.01. The van der Waals surface area contributed by atoms with Crippen LogP contribution < -0.4 is 11.1 Å². The van der Waals surface area contributed by atoms with Gasteiger partial charge in [-0.15, -0.1) is 0 Å². The van der Waals surface area contributed by atoms with Gasteiger partial charge in [0.1, 0.15) is 5.54 Å². The molecular formula is C15H21BrN2O3. The average Bonchev–Trinajstić information content (AvgIpc) is 2.43. The first-order valence-electron chi connectivity index (χ1n) is 6.93. The number of amides is 1. The van der Waals surface area contributed by atoms with Gasteiger partial charge in [0.25, 0.3) is 0 Å². The summed E-state index contributed by atoms with van der Waals surface area (Å²) in [5, 5.41) is 12.7. The van der Waals surface area contributed by atoms with Crippen molar-refractivity contribution in [3.05, 3.63) is 22.7 Å². The third-order valence-corrected chi connectivity index (χ3v) is 5.11. The van der Waals surface area contributed by atoms with Gasteiger partial charge in [-0.1, -0.05) is 19.9 Å². The minimum Gasteiger partial charge on any atom is -0.505 e. The number of halogens is 1. The molecule has 1 aliphatic rings. The summed E-state index contributed by atoms with van der Waals surface area (Å²) in [4.78, 5) is 12.5. The van der Waals surface area contributed by atoms with Crippen LogP contribution in [0, 0.1) is 5.41 Å². The standard InChI is InChI=1S/C15H21BrN2O3/c1-4-21-11-8-15(17,14(11,2)3)13(20)18-10-7-5-6-9(16)12(10)19/h5-7,11,19H,4,8,17H2,1-3H3,(H,18,20). The molecule has 2 rings (SSSR count). The van der Waals surface area contributed by atoms with Gasteiger partial charge in [0.15, 0.2) is 5.75 Å². The van der Waals surface area contributed by atoms with Crippen molar-refractivity contribution in [2.75, 3.05) is 11.9 Å². The number of phenols is 1. The Kier molecular flexibility index (Phi) is 4.33. The summed E-state index contributed by atoms with van der Waals surface area (Å²) in [6, 6.07) is 5.06. The molecule has 0 aliphatic heterocycles. The molecule has 4 N–H and O–H groups in total. The number of carbonyl (C=O) groups is 1. The highest BCUT2D eigenvalue weighted by Crippen LogP contribution is 2.50. The first-order chi connectivity index (χ1) is 9.74. The van der Waals surface area contributed by atoms with Gasteiger partial charge in [-0.25, -0.2) is 0 Å². The molecule has 0 radical (unpaired) electrons. The molecule has 0 spiro atoms. The van der Waals surface area contributed by atoms with E-state index in [9.17, 15) is 9.90 Å². The molecule has 2 unspecified atom stereocenters. The summed E-state index contributed by atoms with van der Waals surface area (Å²) >= 11 is 3.22. The van der Waals surface area contributed by atoms with Crippen molar-refractivity contribution < 1.29 is 14.6 Å². The predicted molar refractivity (Wildman–Crippen MR) is 85.2 cm³/mol. The summed E-state index contributed by atoms with van der Waals surface area (Å²) in [7, 11) is 0. The molecular weight excluding hydrogens is 336 g/mol. The Morgan fingerprint density at radius 1 is 1.57 bits per heavy atom. The summed E-state index contributed by atoms with van der Waals surface area (Å²) in [6.45, 7) is 6.37. The number of para-hydroxylation sites is 1. The maximum Gasteiger partial charge on any atom is 0.245 e. The molecule has 116 valence electrons. The van der Waals surface area contributed by atoms with Crippen LogP contribution in [0.25, 0.3) is 0 Å². The second-order valence-electron chi connectivity index (χ2n) is 5.93.